The molecule has 6 heteroatoms. The minimum atomic E-state index is -0.473. The first-order valence-electron chi connectivity index (χ1n) is 4.52. The molecule has 0 bridgehead atoms. The molecule has 0 aliphatic heterocycles. The van der Waals surface area contributed by atoms with Gasteiger partial charge in [0.2, 0.25) is 0 Å². The fourth-order valence-corrected chi connectivity index (χ4v) is 3.46. The van der Waals surface area contributed by atoms with Crippen LogP contribution >= 0.6 is 47.8 Å². The van der Waals surface area contributed by atoms with Crippen LogP contribution in [0.4, 0.5) is 10.5 Å². The summed E-state index contributed by atoms with van der Waals surface area (Å²) in [6.07, 6.45) is -0.619. The second-order valence-electron chi connectivity index (χ2n) is 3.32. The van der Waals surface area contributed by atoms with E-state index in [1.54, 1.807) is 13.8 Å². The predicted molar refractivity (Wildman–Crippen MR) is 74.8 cm³/mol. The molecule has 0 aromatic heterocycles. The van der Waals surface area contributed by atoms with E-state index in [1.165, 1.54) is 0 Å². The first kappa shape index (κ1) is 14.0. The predicted octanol–water partition coefficient (Wildman–Crippen LogP) is 4.93. The quantitative estimate of drug-likeness (QED) is 0.743. The second-order valence-corrected chi connectivity index (χ2v) is 5.95. The summed E-state index contributed by atoms with van der Waals surface area (Å²) in [5.41, 5.74) is 0.647. The van der Waals surface area contributed by atoms with Gasteiger partial charge in [0.25, 0.3) is 0 Å². The summed E-state index contributed by atoms with van der Waals surface area (Å²) < 4.78 is 7.45. The molecule has 0 saturated carbocycles. The fourth-order valence-electron chi connectivity index (χ4n) is 1.01. The summed E-state index contributed by atoms with van der Waals surface area (Å²) in [5.74, 6) is 0. The van der Waals surface area contributed by atoms with Crippen LogP contribution in [0.2, 0.25) is 0 Å². The number of benzene rings is 1. The van der Waals surface area contributed by atoms with Crippen molar-refractivity contribution in [3.63, 3.8) is 0 Å². The Bertz CT molecular complexity index is 384. The topological polar surface area (TPSA) is 38.3 Å². The molecule has 1 amide bonds. The molecule has 0 atom stereocenters. The molecule has 0 aliphatic carbocycles. The molecule has 0 aliphatic rings. The molecule has 0 spiro atoms. The number of hydrogen-bond acceptors (Lipinski definition) is 2. The van der Waals surface area contributed by atoms with E-state index in [4.69, 9.17) is 4.74 Å². The molecule has 0 unspecified atom stereocenters. The number of nitrogens with one attached hydrogen (secondary N) is 1. The van der Waals surface area contributed by atoms with Crippen molar-refractivity contribution in [3.8, 4) is 0 Å². The normalized spacial score (nSPS) is 10.4. The zero-order valence-corrected chi connectivity index (χ0v) is 13.4. The van der Waals surface area contributed by atoms with Crippen molar-refractivity contribution in [2.24, 2.45) is 0 Å². The van der Waals surface area contributed by atoms with Gasteiger partial charge in [-0.3, -0.25) is 5.32 Å². The molecular weight excluding hydrogens is 406 g/mol. The van der Waals surface area contributed by atoms with Crippen LogP contribution in [0.3, 0.4) is 0 Å². The molecule has 0 radical (unpaired) electrons. The Kier molecular flexibility index (Phi) is 5.27. The van der Waals surface area contributed by atoms with Gasteiger partial charge >= 0.3 is 6.09 Å². The van der Waals surface area contributed by atoms with Crippen molar-refractivity contribution in [3.05, 3.63) is 25.6 Å². The highest BCUT2D eigenvalue weighted by Crippen LogP contribution is 2.34. The van der Waals surface area contributed by atoms with Gasteiger partial charge in [-0.1, -0.05) is 15.9 Å². The number of halogens is 3. The SMILES string of the molecule is CC(C)OC(=O)Nc1c(Br)cc(Br)cc1Br. The maximum Gasteiger partial charge on any atom is 0.411 e. The van der Waals surface area contributed by atoms with Crippen LogP contribution in [0.25, 0.3) is 0 Å². The van der Waals surface area contributed by atoms with Crippen molar-refractivity contribution in [1.29, 1.82) is 0 Å². The summed E-state index contributed by atoms with van der Waals surface area (Å²) in [4.78, 5) is 11.4. The molecular formula is C10H10Br3NO2. The number of amides is 1. The minimum absolute atomic E-state index is 0.145. The Morgan fingerprint density at radius 2 is 1.75 bits per heavy atom. The number of ether oxygens (including phenoxy) is 1. The van der Waals surface area contributed by atoms with E-state index in [-0.39, 0.29) is 6.10 Å². The van der Waals surface area contributed by atoms with Gasteiger partial charge < -0.3 is 4.74 Å². The third-order valence-electron chi connectivity index (χ3n) is 1.58. The number of rotatable bonds is 2. The Morgan fingerprint density at radius 1 is 1.25 bits per heavy atom. The number of carbonyl (C=O) groups is 1. The highest BCUT2D eigenvalue weighted by molar-refractivity contribution is 9.11. The van der Waals surface area contributed by atoms with Crippen molar-refractivity contribution in [2.45, 2.75) is 20.0 Å². The van der Waals surface area contributed by atoms with Crippen LogP contribution in [-0.2, 0) is 4.74 Å². The van der Waals surface area contributed by atoms with Crippen molar-refractivity contribution >= 4 is 59.6 Å². The maximum absolute atomic E-state index is 11.4. The third-order valence-corrected chi connectivity index (χ3v) is 3.29. The van der Waals surface area contributed by atoms with Crippen LogP contribution in [0, 0.1) is 0 Å². The number of anilines is 1. The third kappa shape index (κ3) is 4.07. The average Bonchev–Trinajstić information content (AvgIpc) is 2.09. The van der Waals surface area contributed by atoms with Gasteiger partial charge in [-0.05, 0) is 57.8 Å². The summed E-state index contributed by atoms with van der Waals surface area (Å²) >= 11 is 10.1. The van der Waals surface area contributed by atoms with Crippen molar-refractivity contribution in [2.75, 3.05) is 5.32 Å². The maximum atomic E-state index is 11.4. The van der Waals surface area contributed by atoms with E-state index < -0.39 is 6.09 Å². The van der Waals surface area contributed by atoms with Gasteiger partial charge in [0.1, 0.15) is 0 Å². The Hall–Kier alpha value is -0.0700. The lowest BCUT2D eigenvalue weighted by molar-refractivity contribution is 0.130. The highest BCUT2D eigenvalue weighted by atomic mass is 79.9. The van der Waals surface area contributed by atoms with Gasteiger partial charge in [-0.25, -0.2) is 4.79 Å². The Morgan fingerprint density at radius 3 is 2.19 bits per heavy atom. The summed E-state index contributed by atoms with van der Waals surface area (Å²) in [5, 5.41) is 2.66. The highest BCUT2D eigenvalue weighted by Gasteiger charge is 2.12. The van der Waals surface area contributed by atoms with Gasteiger partial charge in [-0.2, -0.15) is 0 Å². The molecule has 3 nitrogen and oxygen atoms in total. The van der Waals surface area contributed by atoms with Crippen LogP contribution in [0.15, 0.2) is 25.6 Å². The molecule has 16 heavy (non-hydrogen) atoms. The molecule has 0 heterocycles. The molecule has 0 fully saturated rings. The van der Waals surface area contributed by atoms with Crippen molar-refractivity contribution in [1.82, 2.24) is 0 Å². The van der Waals surface area contributed by atoms with E-state index >= 15 is 0 Å². The van der Waals surface area contributed by atoms with E-state index in [2.05, 4.69) is 53.1 Å². The lowest BCUT2D eigenvalue weighted by atomic mass is 10.3. The van der Waals surface area contributed by atoms with Gasteiger partial charge in [0.05, 0.1) is 11.8 Å². The van der Waals surface area contributed by atoms with E-state index in [0.29, 0.717) is 5.69 Å². The largest absolute Gasteiger partial charge is 0.447 e. The molecule has 1 N–H and O–H groups in total. The summed E-state index contributed by atoms with van der Waals surface area (Å²) in [7, 11) is 0. The van der Waals surface area contributed by atoms with Crippen LogP contribution in [0.1, 0.15) is 13.8 Å². The summed E-state index contributed by atoms with van der Waals surface area (Å²) in [6.45, 7) is 3.59. The zero-order chi connectivity index (χ0) is 12.3. The van der Waals surface area contributed by atoms with Crippen LogP contribution in [-0.4, -0.2) is 12.2 Å². The first-order chi connectivity index (χ1) is 7.40. The number of hydrogen-bond donors (Lipinski definition) is 1. The smallest absolute Gasteiger partial charge is 0.411 e. The Balaban J connectivity index is 2.85. The van der Waals surface area contributed by atoms with Gasteiger partial charge in [0, 0.05) is 13.4 Å². The monoisotopic (exact) mass is 413 g/mol. The van der Waals surface area contributed by atoms with Crippen LogP contribution in [0.5, 0.6) is 0 Å². The standard InChI is InChI=1S/C10H10Br3NO2/c1-5(2)16-10(15)14-9-7(12)3-6(11)4-8(9)13/h3-5H,1-2H3,(H,14,15). The fraction of sp³-hybridized carbons (Fsp3) is 0.300. The van der Waals surface area contributed by atoms with E-state index in [1.807, 2.05) is 12.1 Å². The van der Waals surface area contributed by atoms with Crippen LogP contribution < -0.4 is 5.32 Å². The van der Waals surface area contributed by atoms with E-state index in [0.717, 1.165) is 13.4 Å². The lowest BCUT2D eigenvalue weighted by Gasteiger charge is -2.12. The Labute approximate surface area is 119 Å². The molecule has 1 aromatic carbocycles. The zero-order valence-electron chi connectivity index (χ0n) is 8.68. The molecule has 0 saturated heterocycles. The lowest BCUT2D eigenvalue weighted by Crippen LogP contribution is -2.18. The number of carbonyl (C=O) groups excluding carboxylic acids is 1. The first-order valence-corrected chi connectivity index (χ1v) is 6.90. The molecule has 88 valence electrons. The van der Waals surface area contributed by atoms with Gasteiger partial charge in [-0.15, -0.1) is 0 Å². The molecule has 1 aromatic rings. The summed E-state index contributed by atoms with van der Waals surface area (Å²) in [6, 6.07) is 3.69. The van der Waals surface area contributed by atoms with Gasteiger partial charge in [0.15, 0.2) is 0 Å². The second kappa shape index (κ2) is 6.02. The van der Waals surface area contributed by atoms with E-state index in [9.17, 15) is 4.79 Å². The average molecular weight is 416 g/mol. The minimum Gasteiger partial charge on any atom is -0.447 e. The van der Waals surface area contributed by atoms with Crippen molar-refractivity contribution < 1.29 is 9.53 Å². The molecule has 1 rings (SSSR count).